The maximum absolute atomic E-state index is 9.41. The van der Waals surface area contributed by atoms with Crippen molar-refractivity contribution in [1.82, 2.24) is 30.5 Å². The van der Waals surface area contributed by atoms with Gasteiger partial charge in [-0.1, -0.05) is 0 Å². The molecule has 4 heterocycles. The SMILES string of the molecule is CC(C)(C#N)c1cc(-c2cncc(-c3nnc(-c4ccc(NC5CNC5)cc4)o3)n2)ccn1. The summed E-state index contributed by atoms with van der Waals surface area (Å²) < 4.78 is 5.88. The highest BCUT2D eigenvalue weighted by atomic mass is 16.4. The molecule has 0 atom stereocenters. The first-order valence-corrected chi connectivity index (χ1v) is 10.6. The fourth-order valence-electron chi connectivity index (χ4n) is 3.38. The van der Waals surface area contributed by atoms with Crippen LogP contribution in [0.4, 0.5) is 5.69 Å². The Bertz CT molecular complexity index is 1320. The van der Waals surface area contributed by atoms with E-state index in [-0.39, 0.29) is 5.89 Å². The number of hydrogen-bond acceptors (Lipinski definition) is 9. The third kappa shape index (κ3) is 4.29. The second kappa shape index (κ2) is 8.41. The van der Waals surface area contributed by atoms with Gasteiger partial charge in [-0.2, -0.15) is 5.26 Å². The molecule has 0 unspecified atom stereocenters. The standard InChI is InChI=1S/C24H22N8O/c1-24(2,14-25)21-9-16(7-8-28-21)19-12-27-13-20(30-19)23-32-31-22(33-23)15-3-5-17(6-4-15)29-18-10-26-11-18/h3-9,12-13,18,26,29H,10-11H2,1-2H3. The molecule has 0 bridgehead atoms. The van der Waals surface area contributed by atoms with Crippen LogP contribution in [0.15, 0.2) is 59.4 Å². The summed E-state index contributed by atoms with van der Waals surface area (Å²) in [6.45, 7) is 5.61. The van der Waals surface area contributed by atoms with Crippen molar-refractivity contribution in [3.63, 3.8) is 0 Å². The van der Waals surface area contributed by atoms with Gasteiger partial charge in [-0.3, -0.25) is 9.97 Å². The molecule has 1 aliphatic heterocycles. The van der Waals surface area contributed by atoms with Crippen molar-refractivity contribution in [2.45, 2.75) is 25.3 Å². The van der Waals surface area contributed by atoms with E-state index in [1.807, 2.05) is 50.2 Å². The van der Waals surface area contributed by atoms with Gasteiger partial charge in [0.25, 0.3) is 5.89 Å². The predicted octanol–water partition coefficient (Wildman–Crippen LogP) is 3.44. The zero-order valence-electron chi connectivity index (χ0n) is 18.3. The quantitative estimate of drug-likeness (QED) is 0.465. The van der Waals surface area contributed by atoms with E-state index in [4.69, 9.17) is 4.42 Å². The van der Waals surface area contributed by atoms with Gasteiger partial charge in [0.15, 0.2) is 0 Å². The number of benzene rings is 1. The largest absolute Gasteiger partial charge is 0.415 e. The van der Waals surface area contributed by atoms with Crippen LogP contribution in [0.5, 0.6) is 0 Å². The summed E-state index contributed by atoms with van der Waals surface area (Å²) in [6.07, 6.45) is 4.91. The minimum absolute atomic E-state index is 0.286. The average Bonchev–Trinajstić information content (AvgIpc) is 3.32. The Kier molecular flexibility index (Phi) is 5.28. The first-order chi connectivity index (χ1) is 16.0. The Morgan fingerprint density at radius 3 is 2.52 bits per heavy atom. The lowest BCUT2D eigenvalue weighted by Gasteiger charge is -2.28. The van der Waals surface area contributed by atoms with Gasteiger partial charge < -0.3 is 15.1 Å². The maximum Gasteiger partial charge on any atom is 0.268 e. The van der Waals surface area contributed by atoms with Crippen LogP contribution in [0.3, 0.4) is 0 Å². The number of pyridine rings is 1. The van der Waals surface area contributed by atoms with Crippen molar-refractivity contribution in [3.8, 4) is 40.4 Å². The third-order valence-corrected chi connectivity index (χ3v) is 5.54. The van der Waals surface area contributed by atoms with E-state index in [9.17, 15) is 5.26 Å². The van der Waals surface area contributed by atoms with E-state index in [1.165, 1.54) is 0 Å². The minimum Gasteiger partial charge on any atom is -0.415 e. The number of hydrogen-bond donors (Lipinski definition) is 2. The van der Waals surface area contributed by atoms with E-state index in [1.54, 1.807) is 18.6 Å². The van der Waals surface area contributed by atoms with Crippen LogP contribution < -0.4 is 10.6 Å². The zero-order valence-corrected chi connectivity index (χ0v) is 18.3. The number of rotatable bonds is 6. The fraction of sp³-hybridized carbons (Fsp3) is 0.250. The molecule has 0 radical (unpaired) electrons. The number of nitrogens with one attached hydrogen (secondary N) is 2. The van der Waals surface area contributed by atoms with Crippen LogP contribution in [0.2, 0.25) is 0 Å². The molecule has 33 heavy (non-hydrogen) atoms. The van der Waals surface area contributed by atoms with Crippen molar-refractivity contribution in [3.05, 3.63) is 60.7 Å². The summed E-state index contributed by atoms with van der Waals surface area (Å²) >= 11 is 0. The van der Waals surface area contributed by atoms with E-state index in [0.29, 0.717) is 29.0 Å². The van der Waals surface area contributed by atoms with Crippen molar-refractivity contribution in [2.75, 3.05) is 18.4 Å². The minimum atomic E-state index is -0.706. The first kappa shape index (κ1) is 20.7. The van der Waals surface area contributed by atoms with Crippen LogP contribution in [0.25, 0.3) is 34.3 Å². The van der Waals surface area contributed by atoms with Gasteiger partial charge in [-0.25, -0.2) is 4.98 Å². The summed E-state index contributed by atoms with van der Waals surface area (Å²) in [5.74, 6) is 0.699. The highest BCUT2D eigenvalue weighted by Gasteiger charge is 2.22. The molecule has 1 saturated heterocycles. The fourth-order valence-corrected chi connectivity index (χ4v) is 3.38. The third-order valence-electron chi connectivity index (χ3n) is 5.54. The molecule has 1 aliphatic rings. The summed E-state index contributed by atoms with van der Waals surface area (Å²) in [6, 6.07) is 14.3. The summed E-state index contributed by atoms with van der Waals surface area (Å²) in [5.41, 5.74) is 3.75. The summed E-state index contributed by atoms with van der Waals surface area (Å²) in [7, 11) is 0. The van der Waals surface area contributed by atoms with Crippen LogP contribution in [-0.2, 0) is 5.41 Å². The second-order valence-corrected chi connectivity index (χ2v) is 8.45. The molecule has 3 aromatic heterocycles. The molecule has 1 aromatic carbocycles. The molecule has 0 spiro atoms. The van der Waals surface area contributed by atoms with E-state index >= 15 is 0 Å². The van der Waals surface area contributed by atoms with Gasteiger partial charge in [0.2, 0.25) is 5.89 Å². The van der Waals surface area contributed by atoms with Crippen LogP contribution in [0, 0.1) is 11.3 Å². The van der Waals surface area contributed by atoms with E-state index in [2.05, 4.69) is 41.9 Å². The van der Waals surface area contributed by atoms with Crippen molar-refractivity contribution in [2.24, 2.45) is 0 Å². The number of nitrogens with zero attached hydrogens (tertiary/aromatic N) is 6. The number of anilines is 1. The lowest BCUT2D eigenvalue weighted by molar-refractivity contribution is 0.472. The second-order valence-electron chi connectivity index (χ2n) is 8.45. The van der Waals surface area contributed by atoms with Gasteiger partial charge in [-0.15, -0.1) is 10.2 Å². The predicted molar refractivity (Wildman–Crippen MR) is 123 cm³/mol. The molecule has 9 heteroatoms. The molecular weight excluding hydrogens is 416 g/mol. The van der Waals surface area contributed by atoms with Gasteiger partial charge in [-0.05, 0) is 50.2 Å². The van der Waals surface area contributed by atoms with Gasteiger partial charge in [0, 0.05) is 36.1 Å². The molecule has 0 saturated carbocycles. The molecular formula is C24H22N8O. The first-order valence-electron chi connectivity index (χ1n) is 10.6. The van der Waals surface area contributed by atoms with Crippen LogP contribution in [0.1, 0.15) is 19.5 Å². The highest BCUT2D eigenvalue weighted by Crippen LogP contribution is 2.27. The normalized spacial score (nSPS) is 13.8. The number of nitriles is 1. The number of aromatic nitrogens is 5. The van der Waals surface area contributed by atoms with E-state index in [0.717, 1.165) is 29.9 Å². The highest BCUT2D eigenvalue weighted by molar-refractivity contribution is 5.63. The molecule has 9 nitrogen and oxygen atoms in total. The Hall–Kier alpha value is -4.16. The van der Waals surface area contributed by atoms with Crippen molar-refractivity contribution >= 4 is 5.69 Å². The maximum atomic E-state index is 9.41. The molecule has 0 amide bonds. The lowest BCUT2D eigenvalue weighted by Crippen LogP contribution is -2.51. The summed E-state index contributed by atoms with van der Waals surface area (Å²) in [4.78, 5) is 13.3. The molecule has 5 rings (SSSR count). The molecule has 4 aromatic rings. The van der Waals surface area contributed by atoms with Gasteiger partial charge >= 0.3 is 0 Å². The van der Waals surface area contributed by atoms with Crippen molar-refractivity contribution in [1.29, 1.82) is 5.26 Å². The zero-order chi connectivity index (χ0) is 22.8. The van der Waals surface area contributed by atoms with Gasteiger partial charge in [0.1, 0.15) is 5.69 Å². The Morgan fingerprint density at radius 2 is 1.79 bits per heavy atom. The average molecular weight is 438 g/mol. The molecule has 164 valence electrons. The Labute approximate surface area is 191 Å². The molecule has 2 N–H and O–H groups in total. The monoisotopic (exact) mass is 438 g/mol. The van der Waals surface area contributed by atoms with Crippen LogP contribution >= 0.6 is 0 Å². The van der Waals surface area contributed by atoms with Crippen LogP contribution in [-0.4, -0.2) is 44.3 Å². The Balaban J connectivity index is 1.38. The Morgan fingerprint density at radius 1 is 1.03 bits per heavy atom. The van der Waals surface area contributed by atoms with E-state index < -0.39 is 5.41 Å². The summed E-state index contributed by atoms with van der Waals surface area (Å²) in [5, 5.41) is 24.5. The van der Waals surface area contributed by atoms with Gasteiger partial charge in [0.05, 0.1) is 41.3 Å². The smallest absolute Gasteiger partial charge is 0.268 e. The molecule has 0 aliphatic carbocycles. The molecule has 1 fully saturated rings. The topological polar surface area (TPSA) is 125 Å². The lowest BCUT2D eigenvalue weighted by atomic mass is 9.90. The van der Waals surface area contributed by atoms with Crippen molar-refractivity contribution < 1.29 is 4.42 Å².